The molecule has 0 aliphatic carbocycles. The van der Waals surface area contributed by atoms with E-state index in [0.29, 0.717) is 12.0 Å². The van der Waals surface area contributed by atoms with Crippen molar-refractivity contribution in [1.29, 1.82) is 0 Å². The van der Waals surface area contributed by atoms with E-state index in [1.807, 2.05) is 43.3 Å². The number of nitrogens with one attached hydrogen (secondary N) is 6. The summed E-state index contributed by atoms with van der Waals surface area (Å²) in [7, 11) is 2.89. The summed E-state index contributed by atoms with van der Waals surface area (Å²) < 4.78 is 5.82. The van der Waals surface area contributed by atoms with Gasteiger partial charge in [0.15, 0.2) is 5.96 Å². The summed E-state index contributed by atoms with van der Waals surface area (Å²) >= 11 is 0. The van der Waals surface area contributed by atoms with Crippen LogP contribution in [-0.4, -0.2) is 137 Å². The van der Waals surface area contributed by atoms with Crippen LogP contribution in [0.1, 0.15) is 93.1 Å². The molecule has 1 heterocycles. The molecule has 3 unspecified atom stereocenters. The van der Waals surface area contributed by atoms with Gasteiger partial charge in [-0.2, -0.15) is 0 Å². The van der Waals surface area contributed by atoms with Crippen molar-refractivity contribution in [2.75, 3.05) is 20.7 Å². The van der Waals surface area contributed by atoms with E-state index >= 15 is 0 Å². The lowest BCUT2D eigenvalue weighted by atomic mass is 9.94. The van der Waals surface area contributed by atoms with Gasteiger partial charge < -0.3 is 63.2 Å². The minimum Gasteiger partial charge on any atom is -0.480 e. The van der Waals surface area contributed by atoms with Crippen LogP contribution >= 0.6 is 0 Å². The molecular weight excluding hydrogens is 933 g/mol. The van der Waals surface area contributed by atoms with Crippen LogP contribution in [0.5, 0.6) is 0 Å². The Bertz CT molecular complexity index is 2190. The van der Waals surface area contributed by atoms with Crippen LogP contribution in [0.15, 0.2) is 70.9 Å². The maximum Gasteiger partial charge on any atom is 0.327 e. The summed E-state index contributed by atoms with van der Waals surface area (Å²) in [6.45, 7) is 12.8. The molecule has 0 spiro atoms. The molecular formula is C50H76N10O12. The molecule has 0 aromatic heterocycles. The average molecular weight is 1010 g/mol. The maximum absolute atomic E-state index is 14.4. The molecule has 10 atom stereocenters. The van der Waals surface area contributed by atoms with Gasteiger partial charge in [-0.3, -0.25) is 38.6 Å². The minimum atomic E-state index is -1.88. The van der Waals surface area contributed by atoms with Crippen molar-refractivity contribution < 1.29 is 58.1 Å². The highest BCUT2D eigenvalue weighted by Gasteiger charge is 2.37. The Balaban J connectivity index is 2.75. The molecule has 1 saturated heterocycles. The number of aliphatic imine (C=N–C) groups is 1. The second-order valence-electron chi connectivity index (χ2n) is 18.5. The van der Waals surface area contributed by atoms with E-state index in [2.05, 4.69) is 36.9 Å². The highest BCUT2D eigenvalue weighted by Crippen LogP contribution is 2.19. The Morgan fingerprint density at radius 1 is 0.833 bits per heavy atom. The summed E-state index contributed by atoms with van der Waals surface area (Å²) in [5.41, 5.74) is 12.6. The van der Waals surface area contributed by atoms with Gasteiger partial charge in [0, 0.05) is 33.0 Å². The van der Waals surface area contributed by atoms with E-state index in [0.717, 1.165) is 10.5 Å². The zero-order chi connectivity index (χ0) is 54.4. The number of amides is 7. The Hall–Kier alpha value is -7.10. The van der Waals surface area contributed by atoms with Crippen LogP contribution in [0.2, 0.25) is 0 Å². The van der Waals surface area contributed by atoms with Crippen molar-refractivity contribution in [3.63, 3.8) is 0 Å². The number of hydrogen-bond donors (Lipinski definition) is 10. The van der Waals surface area contributed by atoms with Gasteiger partial charge in [-0.25, -0.2) is 9.59 Å². The number of carboxylic acids is 2. The van der Waals surface area contributed by atoms with Crippen LogP contribution < -0.4 is 43.4 Å². The van der Waals surface area contributed by atoms with Gasteiger partial charge in [0.25, 0.3) is 5.91 Å². The molecule has 72 heavy (non-hydrogen) atoms. The SMILES string of the molecule is CC=C1C(=O)N[C@H](C)C(=O)N[C@@H](CC(C)C)C(=O)NC(C(=O)O)[C@H](C)C(=O)N[C@@H](CCCN=C(N)N)C(=O)NC(/C=C/C(C)=C/[C@H](C)[C@H](Cc2ccccc2)OC)[C@H](C)C(=O)NC(C(=O)O)CCC(=O)N1C. The number of methoxy groups -OCH3 is 1. The third-order valence-corrected chi connectivity index (χ3v) is 12.2. The topological polar surface area (TPSA) is 343 Å². The average Bonchev–Trinajstić information content (AvgIpc) is 3.31. The molecule has 398 valence electrons. The Morgan fingerprint density at radius 3 is 2.01 bits per heavy atom. The Labute approximate surface area is 421 Å². The maximum atomic E-state index is 14.4. The van der Waals surface area contributed by atoms with E-state index in [1.54, 1.807) is 34.0 Å². The van der Waals surface area contributed by atoms with Gasteiger partial charge in [0.05, 0.1) is 24.0 Å². The van der Waals surface area contributed by atoms with Gasteiger partial charge >= 0.3 is 11.9 Å². The standard InChI is InChI=1S/C50H76N10O12/c1-11-38-47(67)54-32(8)44(64)58-37(24-27(2)3)46(66)59-41(49(70)71)31(7)43(63)56-35(18-15-23-53-50(51)52)45(65)55-34(30(6)42(62)57-36(48(68)69)21-22-40(61)60(38)9)20-19-28(4)25-29(5)39(72-10)26-33-16-13-12-14-17-33/h11-14,16-17,19-20,25,27,29-32,34-37,39,41H,15,18,21-24,26H2,1-10H3,(H,54,67)(H,55,65)(H,56,63)(H,57,62)(H,58,64)(H,59,66)(H,68,69)(H,70,71)(H4,51,52,53)/b20-19+,28-25+,38-11?/t29-,30-,31-,32+,34?,35-,36?,37-,39-,41?/m0/s1. The van der Waals surface area contributed by atoms with Gasteiger partial charge in [0.1, 0.15) is 35.9 Å². The number of benzene rings is 1. The largest absolute Gasteiger partial charge is 0.480 e. The Kier molecular flexibility index (Phi) is 25.4. The summed E-state index contributed by atoms with van der Waals surface area (Å²) in [5, 5.41) is 35.7. The molecule has 1 aliphatic rings. The smallest absolute Gasteiger partial charge is 0.327 e. The van der Waals surface area contributed by atoms with Crippen molar-refractivity contribution in [2.45, 2.75) is 136 Å². The minimum absolute atomic E-state index is 0.0134. The zero-order valence-electron chi connectivity index (χ0n) is 43.0. The first kappa shape index (κ1) is 61.0. The van der Waals surface area contributed by atoms with E-state index in [4.69, 9.17) is 16.2 Å². The van der Waals surface area contributed by atoms with Crippen LogP contribution in [0.4, 0.5) is 0 Å². The molecule has 1 aromatic rings. The summed E-state index contributed by atoms with van der Waals surface area (Å²) in [4.78, 5) is 127. The molecule has 1 fully saturated rings. The lowest BCUT2D eigenvalue weighted by molar-refractivity contribution is -0.146. The van der Waals surface area contributed by atoms with E-state index in [-0.39, 0.29) is 55.4 Å². The van der Waals surface area contributed by atoms with E-state index in [9.17, 15) is 53.4 Å². The first-order valence-corrected chi connectivity index (χ1v) is 24.0. The number of aliphatic carboxylic acids is 2. The van der Waals surface area contributed by atoms with Gasteiger partial charge in [-0.05, 0) is 64.4 Å². The van der Waals surface area contributed by atoms with Crippen molar-refractivity contribution in [1.82, 2.24) is 36.8 Å². The van der Waals surface area contributed by atoms with Crippen molar-refractivity contribution in [2.24, 2.45) is 40.1 Å². The number of nitrogens with two attached hydrogens (primary N) is 2. The highest BCUT2D eigenvalue weighted by molar-refractivity contribution is 6.00. The monoisotopic (exact) mass is 1010 g/mol. The number of likely N-dealkylation sites (N-methyl/N-ethyl adjacent to an activating group) is 1. The normalized spacial score (nSPS) is 25.7. The third-order valence-electron chi connectivity index (χ3n) is 12.2. The number of carboxylic acid groups (broad SMARTS) is 2. The fraction of sp³-hybridized carbons (Fsp3) is 0.560. The quantitative estimate of drug-likeness (QED) is 0.0386. The van der Waals surface area contributed by atoms with Crippen LogP contribution in [0, 0.1) is 23.7 Å². The number of allylic oxidation sites excluding steroid dienone is 3. The predicted octanol–water partition coefficient (Wildman–Crippen LogP) is 1.01. The molecule has 0 radical (unpaired) electrons. The number of carbonyl (C=O) groups is 9. The van der Waals surface area contributed by atoms with Gasteiger partial charge in [-0.1, -0.05) is 94.8 Å². The molecule has 0 bridgehead atoms. The second-order valence-corrected chi connectivity index (χ2v) is 18.5. The molecule has 22 nitrogen and oxygen atoms in total. The second kappa shape index (κ2) is 29.9. The molecule has 12 N–H and O–H groups in total. The number of guanidine groups is 1. The first-order chi connectivity index (χ1) is 33.8. The number of carbonyl (C=O) groups excluding carboxylic acids is 7. The number of rotatable bonds is 15. The van der Waals surface area contributed by atoms with Crippen molar-refractivity contribution in [3.05, 3.63) is 71.5 Å². The Morgan fingerprint density at radius 2 is 1.44 bits per heavy atom. The van der Waals surface area contributed by atoms with Crippen LogP contribution in [0.25, 0.3) is 0 Å². The summed E-state index contributed by atoms with van der Waals surface area (Å²) in [6.07, 6.45) is 6.02. The molecule has 2 rings (SSSR count). The molecule has 1 aliphatic heterocycles. The lowest BCUT2D eigenvalue weighted by Gasteiger charge is -2.28. The van der Waals surface area contributed by atoms with Gasteiger partial charge in [0.2, 0.25) is 35.4 Å². The van der Waals surface area contributed by atoms with E-state index < -0.39 is 114 Å². The molecule has 22 heteroatoms. The van der Waals surface area contributed by atoms with Crippen LogP contribution in [-0.2, 0) is 54.3 Å². The number of nitrogens with zero attached hydrogens (tertiary/aromatic N) is 2. The number of ether oxygens (including phenoxy) is 1. The van der Waals surface area contributed by atoms with Crippen molar-refractivity contribution in [3.8, 4) is 0 Å². The molecule has 7 amide bonds. The molecule has 1 aromatic carbocycles. The van der Waals surface area contributed by atoms with Gasteiger partial charge in [-0.15, -0.1) is 0 Å². The summed E-state index contributed by atoms with van der Waals surface area (Å²) in [5.74, 6) is -12.4. The molecule has 0 saturated carbocycles. The van der Waals surface area contributed by atoms with E-state index in [1.165, 1.54) is 46.9 Å². The fourth-order valence-corrected chi connectivity index (χ4v) is 7.76. The van der Waals surface area contributed by atoms with Crippen molar-refractivity contribution >= 4 is 59.2 Å². The lowest BCUT2D eigenvalue weighted by Crippen LogP contribution is -2.59. The third kappa shape index (κ3) is 20.0. The highest BCUT2D eigenvalue weighted by atomic mass is 16.5. The number of hydrogen-bond acceptors (Lipinski definition) is 11. The van der Waals surface area contributed by atoms with Crippen LogP contribution in [0.3, 0.4) is 0 Å². The summed E-state index contributed by atoms with van der Waals surface area (Å²) in [6, 6.07) is 1.06. The predicted molar refractivity (Wildman–Crippen MR) is 269 cm³/mol. The zero-order valence-corrected chi connectivity index (χ0v) is 43.0. The fourth-order valence-electron chi connectivity index (χ4n) is 7.76. The first-order valence-electron chi connectivity index (χ1n) is 24.0.